The molecule has 142 valence electrons. The number of carboxylic acids is 1. The first-order valence-corrected chi connectivity index (χ1v) is 9.71. The van der Waals surface area contributed by atoms with E-state index in [-0.39, 0.29) is 13.0 Å². The quantitative estimate of drug-likeness (QED) is 0.218. The summed E-state index contributed by atoms with van der Waals surface area (Å²) in [6.45, 7) is 0.119. The van der Waals surface area contributed by atoms with E-state index in [4.69, 9.17) is 33.0 Å². The van der Waals surface area contributed by atoms with Crippen LogP contribution in [0.25, 0.3) is 0 Å². The molecule has 1 atom stereocenters. The lowest BCUT2D eigenvalue weighted by Gasteiger charge is -2.19. The SMILES string of the molecule is O=C(O)/C=C/CC(Nc1cc(Cl)cc(Cl)c1I)C(=O)OCc1ccccc1. The average Bonchev–Trinajstić information content (AvgIpc) is 2.63. The molecule has 0 amide bonds. The van der Waals surface area contributed by atoms with E-state index in [1.807, 2.05) is 52.9 Å². The predicted octanol–water partition coefficient (Wildman–Crippen LogP) is 5.15. The number of halogens is 3. The Morgan fingerprint density at radius 1 is 1.22 bits per heavy atom. The van der Waals surface area contributed by atoms with Crippen LogP contribution in [0.1, 0.15) is 12.0 Å². The van der Waals surface area contributed by atoms with Crippen molar-refractivity contribution >= 4 is 63.4 Å². The second-order valence-electron chi connectivity index (χ2n) is 5.52. The highest BCUT2D eigenvalue weighted by Crippen LogP contribution is 2.31. The van der Waals surface area contributed by atoms with Gasteiger partial charge in [-0.2, -0.15) is 0 Å². The van der Waals surface area contributed by atoms with Gasteiger partial charge < -0.3 is 15.2 Å². The molecular weight excluding hydrogens is 504 g/mol. The number of anilines is 1. The Hall–Kier alpha value is -1.77. The fraction of sp³-hybridized carbons (Fsp3) is 0.158. The third-order valence-electron chi connectivity index (χ3n) is 3.46. The summed E-state index contributed by atoms with van der Waals surface area (Å²) in [5, 5.41) is 12.7. The van der Waals surface area contributed by atoms with Crippen LogP contribution in [0.15, 0.2) is 54.6 Å². The predicted molar refractivity (Wildman–Crippen MR) is 114 cm³/mol. The zero-order valence-corrected chi connectivity index (χ0v) is 17.7. The van der Waals surface area contributed by atoms with Gasteiger partial charge in [-0.05, 0) is 46.7 Å². The van der Waals surface area contributed by atoms with Gasteiger partial charge in [0, 0.05) is 11.1 Å². The van der Waals surface area contributed by atoms with Crippen molar-refractivity contribution in [1.82, 2.24) is 0 Å². The van der Waals surface area contributed by atoms with E-state index in [1.54, 1.807) is 12.1 Å². The van der Waals surface area contributed by atoms with Crippen LogP contribution in [0.4, 0.5) is 5.69 Å². The Bertz CT molecular complexity index is 843. The minimum Gasteiger partial charge on any atom is -0.478 e. The van der Waals surface area contributed by atoms with Crippen molar-refractivity contribution in [3.05, 3.63) is 73.8 Å². The molecule has 2 aromatic carbocycles. The Morgan fingerprint density at radius 3 is 2.59 bits per heavy atom. The van der Waals surface area contributed by atoms with Gasteiger partial charge in [0.25, 0.3) is 0 Å². The van der Waals surface area contributed by atoms with E-state index in [0.29, 0.717) is 19.3 Å². The van der Waals surface area contributed by atoms with Crippen LogP contribution in [0.3, 0.4) is 0 Å². The molecule has 0 saturated carbocycles. The van der Waals surface area contributed by atoms with Crippen molar-refractivity contribution in [3.8, 4) is 0 Å². The molecule has 2 N–H and O–H groups in total. The number of rotatable bonds is 8. The number of carbonyl (C=O) groups is 2. The number of aliphatic carboxylic acids is 1. The lowest BCUT2D eigenvalue weighted by atomic mass is 10.1. The van der Waals surface area contributed by atoms with E-state index in [0.717, 1.165) is 11.6 Å². The average molecular weight is 520 g/mol. The molecule has 5 nitrogen and oxygen atoms in total. The molecule has 0 spiro atoms. The van der Waals surface area contributed by atoms with Gasteiger partial charge in [0.1, 0.15) is 12.6 Å². The first kappa shape index (κ1) is 21.5. The van der Waals surface area contributed by atoms with Crippen LogP contribution in [0.5, 0.6) is 0 Å². The summed E-state index contributed by atoms with van der Waals surface area (Å²) >= 11 is 14.2. The van der Waals surface area contributed by atoms with Gasteiger partial charge in [-0.1, -0.05) is 59.6 Å². The van der Waals surface area contributed by atoms with Gasteiger partial charge in [-0.15, -0.1) is 0 Å². The maximum atomic E-state index is 12.5. The van der Waals surface area contributed by atoms with E-state index in [1.165, 1.54) is 6.08 Å². The fourth-order valence-electron chi connectivity index (χ4n) is 2.20. The molecular formula is C19H16Cl2INO4. The molecule has 0 saturated heterocycles. The van der Waals surface area contributed by atoms with Crippen molar-refractivity contribution in [2.45, 2.75) is 19.1 Å². The molecule has 27 heavy (non-hydrogen) atoms. The Labute approximate surface area is 180 Å². The van der Waals surface area contributed by atoms with Crippen LogP contribution >= 0.6 is 45.8 Å². The van der Waals surface area contributed by atoms with E-state index < -0.39 is 18.0 Å². The summed E-state index contributed by atoms with van der Waals surface area (Å²) in [6, 6.07) is 11.7. The molecule has 0 aromatic heterocycles. The van der Waals surface area contributed by atoms with Crippen LogP contribution in [0.2, 0.25) is 10.0 Å². The number of nitrogens with one attached hydrogen (secondary N) is 1. The summed E-state index contributed by atoms with van der Waals surface area (Å²) in [7, 11) is 0. The van der Waals surface area contributed by atoms with Gasteiger partial charge >= 0.3 is 11.9 Å². The fourth-order valence-corrected chi connectivity index (χ4v) is 3.16. The second kappa shape index (κ2) is 10.5. The number of benzene rings is 2. The number of ether oxygens (including phenoxy) is 1. The maximum absolute atomic E-state index is 12.5. The van der Waals surface area contributed by atoms with Crippen molar-refractivity contribution in [2.24, 2.45) is 0 Å². The summed E-state index contributed by atoms with van der Waals surface area (Å²) in [5.74, 6) is -1.60. The van der Waals surface area contributed by atoms with E-state index in [9.17, 15) is 9.59 Å². The number of hydrogen-bond donors (Lipinski definition) is 2. The van der Waals surface area contributed by atoms with Gasteiger partial charge in [0.05, 0.1) is 14.3 Å². The molecule has 0 aliphatic carbocycles. The highest BCUT2D eigenvalue weighted by Gasteiger charge is 2.21. The van der Waals surface area contributed by atoms with Crippen molar-refractivity contribution in [3.63, 3.8) is 0 Å². The maximum Gasteiger partial charge on any atom is 0.329 e. The second-order valence-corrected chi connectivity index (χ2v) is 7.44. The molecule has 1 unspecified atom stereocenters. The minimum absolute atomic E-state index is 0.119. The zero-order chi connectivity index (χ0) is 19.8. The highest BCUT2D eigenvalue weighted by atomic mass is 127. The lowest BCUT2D eigenvalue weighted by molar-refractivity contribution is -0.145. The molecule has 0 heterocycles. The standard InChI is InChI=1S/C19H16Cl2INO4/c20-13-9-14(21)18(22)16(10-13)23-15(7-4-8-17(24)25)19(26)27-11-12-5-2-1-3-6-12/h1-6,8-10,15,23H,7,11H2,(H,24,25)/b8-4+. The van der Waals surface area contributed by atoms with Crippen LogP contribution < -0.4 is 5.32 Å². The molecule has 2 rings (SSSR count). The van der Waals surface area contributed by atoms with Gasteiger partial charge in [0.15, 0.2) is 0 Å². The monoisotopic (exact) mass is 519 g/mol. The molecule has 0 radical (unpaired) electrons. The molecule has 0 aliphatic heterocycles. The largest absolute Gasteiger partial charge is 0.478 e. The summed E-state index contributed by atoms with van der Waals surface area (Å²) in [4.78, 5) is 23.2. The third kappa shape index (κ3) is 7.04. The number of hydrogen-bond acceptors (Lipinski definition) is 4. The minimum atomic E-state index is -1.09. The lowest BCUT2D eigenvalue weighted by Crippen LogP contribution is -2.31. The molecule has 0 bridgehead atoms. The van der Waals surface area contributed by atoms with Crippen molar-refractivity contribution in [1.29, 1.82) is 0 Å². The molecule has 2 aromatic rings. The number of carbonyl (C=O) groups excluding carboxylic acids is 1. The van der Waals surface area contributed by atoms with Crippen LogP contribution in [-0.2, 0) is 20.9 Å². The Balaban J connectivity index is 2.15. The third-order valence-corrected chi connectivity index (χ3v) is 5.46. The van der Waals surface area contributed by atoms with Crippen molar-refractivity contribution in [2.75, 3.05) is 5.32 Å². The van der Waals surface area contributed by atoms with Crippen LogP contribution in [-0.4, -0.2) is 23.1 Å². The zero-order valence-electron chi connectivity index (χ0n) is 14.0. The summed E-state index contributed by atoms with van der Waals surface area (Å²) < 4.78 is 6.07. The number of esters is 1. The van der Waals surface area contributed by atoms with Gasteiger partial charge in [-0.25, -0.2) is 9.59 Å². The highest BCUT2D eigenvalue weighted by molar-refractivity contribution is 14.1. The Morgan fingerprint density at radius 2 is 1.93 bits per heavy atom. The molecule has 8 heteroatoms. The summed E-state index contributed by atoms with van der Waals surface area (Å²) in [6.07, 6.45) is 2.50. The van der Waals surface area contributed by atoms with Crippen molar-refractivity contribution < 1.29 is 19.4 Å². The first-order valence-electron chi connectivity index (χ1n) is 7.88. The Kier molecular flexibility index (Phi) is 8.40. The molecule has 0 aliphatic rings. The normalized spacial score (nSPS) is 12.0. The first-order chi connectivity index (χ1) is 12.9. The topological polar surface area (TPSA) is 75.6 Å². The van der Waals surface area contributed by atoms with E-state index >= 15 is 0 Å². The van der Waals surface area contributed by atoms with E-state index in [2.05, 4.69) is 5.32 Å². The van der Waals surface area contributed by atoms with Crippen LogP contribution in [0, 0.1) is 3.57 Å². The summed E-state index contributed by atoms with van der Waals surface area (Å²) in [5.41, 5.74) is 1.42. The smallest absolute Gasteiger partial charge is 0.329 e. The van der Waals surface area contributed by atoms with Gasteiger partial charge in [-0.3, -0.25) is 0 Å². The molecule has 0 fully saturated rings. The van der Waals surface area contributed by atoms with Gasteiger partial charge in [0.2, 0.25) is 0 Å². The number of carboxylic acid groups (broad SMARTS) is 1.